The van der Waals surface area contributed by atoms with E-state index in [4.69, 9.17) is 0 Å². The van der Waals surface area contributed by atoms with Gasteiger partial charge in [0.05, 0.1) is 10.3 Å². The Morgan fingerprint density at radius 2 is 2.50 bits per heavy atom. The average Bonchev–Trinajstić information content (AvgIpc) is 1.64. The van der Waals surface area contributed by atoms with Crippen molar-refractivity contribution in [1.82, 2.24) is 5.32 Å². The van der Waals surface area contributed by atoms with Gasteiger partial charge < -0.3 is 5.32 Å². The Balaban J connectivity index is 2.83. The number of halogens is 1. The molecule has 0 fully saturated rings. The molecule has 1 aliphatic heterocycles. The van der Waals surface area contributed by atoms with Gasteiger partial charge in [-0.05, 0) is 35.0 Å². The second kappa shape index (κ2) is 2.21. The number of allylic oxidation sites excluding steroid dienone is 2. The van der Waals surface area contributed by atoms with Crippen molar-refractivity contribution in [2.45, 2.75) is 6.92 Å². The molecule has 0 atom stereocenters. The molecule has 2 heteroatoms. The Bertz CT molecular complexity index is 185. The van der Waals surface area contributed by atoms with Gasteiger partial charge in [0, 0.05) is 0 Å². The van der Waals surface area contributed by atoms with Crippen molar-refractivity contribution in [2.24, 2.45) is 0 Å². The first-order valence-electron chi connectivity index (χ1n) is 2.35. The number of nitrogens with one attached hydrogen (secondary N) is 1. The van der Waals surface area contributed by atoms with E-state index in [9.17, 15) is 0 Å². The van der Waals surface area contributed by atoms with Crippen LogP contribution in [0, 0.1) is 0 Å². The van der Waals surface area contributed by atoms with E-state index in [1.165, 1.54) is 0 Å². The smallest absolute Gasteiger partial charge is 0.0832 e. The van der Waals surface area contributed by atoms with E-state index >= 15 is 0 Å². The maximum absolute atomic E-state index is 3.29. The Hall–Kier alpha value is -0.460. The molecule has 0 aromatic rings. The molecule has 0 aromatic heterocycles. The van der Waals surface area contributed by atoms with Crippen LogP contribution in [-0.2, 0) is 0 Å². The summed E-state index contributed by atoms with van der Waals surface area (Å²) in [5.74, 6) is 0. The fourth-order valence-electron chi connectivity index (χ4n) is 0.497. The molecule has 0 unspecified atom stereocenters. The molecule has 1 rings (SSSR count). The molecule has 1 heterocycles. The van der Waals surface area contributed by atoms with Gasteiger partial charge in [-0.25, -0.2) is 0 Å². The van der Waals surface area contributed by atoms with Gasteiger partial charge in [0.1, 0.15) is 0 Å². The molecule has 0 radical (unpaired) electrons. The molecule has 0 aromatic carbocycles. The third kappa shape index (κ3) is 1.25. The van der Waals surface area contributed by atoms with Crippen LogP contribution in [0.2, 0.25) is 0 Å². The van der Waals surface area contributed by atoms with Crippen LogP contribution in [0.1, 0.15) is 6.92 Å². The van der Waals surface area contributed by atoms with Crippen molar-refractivity contribution in [3.8, 4) is 0 Å². The fourth-order valence-corrected chi connectivity index (χ4v) is 0.926. The lowest BCUT2D eigenvalue weighted by atomic mass is 10.4. The van der Waals surface area contributed by atoms with Crippen molar-refractivity contribution >= 4 is 15.9 Å². The number of rotatable bonds is 0. The Labute approximate surface area is 56.9 Å². The summed E-state index contributed by atoms with van der Waals surface area (Å²) >= 11 is 3.29. The normalized spacial score (nSPS) is 16.8. The molecular formula is C6H6BrN. The first-order valence-corrected chi connectivity index (χ1v) is 3.14. The summed E-state index contributed by atoms with van der Waals surface area (Å²) in [4.78, 5) is 0. The molecule has 0 aliphatic carbocycles. The second-order valence-corrected chi connectivity index (χ2v) is 2.43. The summed E-state index contributed by atoms with van der Waals surface area (Å²) in [5.41, 5.74) is 4.03. The summed E-state index contributed by atoms with van der Waals surface area (Å²) < 4.78 is 0.994. The molecule has 42 valence electrons. The lowest BCUT2D eigenvalue weighted by molar-refractivity contribution is 1.04. The molecule has 1 N–H and O–H groups in total. The minimum absolute atomic E-state index is 0.994. The zero-order chi connectivity index (χ0) is 5.98. The number of hydrogen-bond donors (Lipinski definition) is 1. The number of hydrogen-bond acceptors (Lipinski definition) is 1. The van der Waals surface area contributed by atoms with E-state index in [0.29, 0.717) is 0 Å². The van der Waals surface area contributed by atoms with E-state index < -0.39 is 0 Å². The lowest BCUT2D eigenvalue weighted by Gasteiger charge is -2.02. The minimum atomic E-state index is 0.994. The van der Waals surface area contributed by atoms with Gasteiger partial charge in [0.15, 0.2) is 0 Å². The van der Waals surface area contributed by atoms with Crippen LogP contribution < -0.4 is 5.32 Å². The molecule has 0 bridgehead atoms. The van der Waals surface area contributed by atoms with E-state index in [-0.39, 0.29) is 0 Å². The Morgan fingerprint density at radius 1 is 1.75 bits per heavy atom. The van der Waals surface area contributed by atoms with Gasteiger partial charge >= 0.3 is 0 Å². The van der Waals surface area contributed by atoms with E-state index in [1.54, 1.807) is 0 Å². The predicted octanol–water partition coefficient (Wildman–Crippen LogP) is 1.88. The van der Waals surface area contributed by atoms with Gasteiger partial charge in [-0.3, -0.25) is 0 Å². The summed E-state index contributed by atoms with van der Waals surface area (Å²) in [5, 5.41) is 3.03. The molecule has 0 saturated carbocycles. The summed E-state index contributed by atoms with van der Waals surface area (Å²) in [6.45, 7) is 1.96. The third-order valence-corrected chi connectivity index (χ3v) is 1.30. The zero-order valence-electron chi connectivity index (χ0n) is 4.53. The molecule has 8 heavy (non-hydrogen) atoms. The Morgan fingerprint density at radius 3 is 2.88 bits per heavy atom. The van der Waals surface area contributed by atoms with E-state index in [0.717, 1.165) is 10.3 Å². The molecule has 1 nitrogen and oxygen atoms in total. The van der Waals surface area contributed by atoms with Crippen molar-refractivity contribution < 1.29 is 0 Å². The molecular weight excluding hydrogens is 166 g/mol. The summed E-state index contributed by atoms with van der Waals surface area (Å²) in [6, 6.07) is 0. The van der Waals surface area contributed by atoms with Gasteiger partial charge in [0.25, 0.3) is 0 Å². The lowest BCUT2D eigenvalue weighted by Crippen LogP contribution is -2.05. The summed E-state index contributed by atoms with van der Waals surface area (Å²) in [7, 11) is 0. The quantitative estimate of drug-likeness (QED) is 0.434. The van der Waals surface area contributed by atoms with Crippen molar-refractivity contribution in [3.63, 3.8) is 0 Å². The predicted molar refractivity (Wildman–Crippen MR) is 37.4 cm³/mol. The third-order valence-electron chi connectivity index (χ3n) is 0.836. The van der Waals surface area contributed by atoms with Crippen LogP contribution in [-0.4, -0.2) is 0 Å². The highest BCUT2D eigenvalue weighted by Crippen LogP contribution is 2.05. The van der Waals surface area contributed by atoms with Crippen LogP contribution in [0.3, 0.4) is 0 Å². The van der Waals surface area contributed by atoms with Gasteiger partial charge in [-0.15, -0.1) is 0 Å². The van der Waals surface area contributed by atoms with Crippen LogP contribution in [0.4, 0.5) is 0 Å². The first kappa shape index (κ1) is 5.67. The Kier molecular flexibility index (Phi) is 1.56. The topological polar surface area (TPSA) is 12.0 Å². The van der Waals surface area contributed by atoms with Crippen LogP contribution in [0.15, 0.2) is 28.2 Å². The second-order valence-electron chi connectivity index (χ2n) is 1.58. The van der Waals surface area contributed by atoms with Crippen molar-refractivity contribution in [3.05, 3.63) is 28.2 Å². The summed E-state index contributed by atoms with van der Waals surface area (Å²) in [6.07, 6.45) is 3.78. The monoisotopic (exact) mass is 171 g/mol. The van der Waals surface area contributed by atoms with Crippen molar-refractivity contribution in [2.75, 3.05) is 0 Å². The molecule has 0 spiro atoms. The molecule has 0 saturated heterocycles. The van der Waals surface area contributed by atoms with Crippen LogP contribution in [0.25, 0.3) is 0 Å². The first-order chi connectivity index (χ1) is 3.79. The average molecular weight is 172 g/mol. The standard InChI is InChI=1S/C6H6BrN/c1-5-3-2-4-6(7)8-5/h2,4,8H,1H3. The highest BCUT2D eigenvalue weighted by molar-refractivity contribution is 9.11. The highest BCUT2D eigenvalue weighted by atomic mass is 79.9. The SMILES string of the molecule is CC1=C=CC=C(Br)N1. The van der Waals surface area contributed by atoms with Crippen LogP contribution in [0.5, 0.6) is 0 Å². The minimum Gasteiger partial charge on any atom is -0.347 e. The maximum atomic E-state index is 3.29. The van der Waals surface area contributed by atoms with Gasteiger partial charge in [-0.2, -0.15) is 0 Å². The highest BCUT2D eigenvalue weighted by Gasteiger charge is 1.91. The maximum Gasteiger partial charge on any atom is 0.0832 e. The molecule has 1 aliphatic rings. The van der Waals surface area contributed by atoms with Gasteiger partial charge in [0.2, 0.25) is 0 Å². The van der Waals surface area contributed by atoms with E-state index in [2.05, 4.69) is 27.0 Å². The fraction of sp³-hybridized carbons (Fsp3) is 0.167. The van der Waals surface area contributed by atoms with Gasteiger partial charge in [-0.1, -0.05) is 5.73 Å². The largest absolute Gasteiger partial charge is 0.347 e. The van der Waals surface area contributed by atoms with E-state index in [1.807, 2.05) is 19.1 Å². The zero-order valence-corrected chi connectivity index (χ0v) is 6.12. The van der Waals surface area contributed by atoms with Crippen molar-refractivity contribution in [1.29, 1.82) is 0 Å². The van der Waals surface area contributed by atoms with Crippen LogP contribution >= 0.6 is 15.9 Å². The molecule has 0 amide bonds.